The third-order valence-electron chi connectivity index (χ3n) is 4.88. The van der Waals surface area contributed by atoms with Crippen molar-refractivity contribution in [2.45, 2.75) is 26.3 Å². The van der Waals surface area contributed by atoms with E-state index >= 15 is 0 Å². The molecule has 0 aromatic heterocycles. The topological polar surface area (TPSA) is 61.9 Å². The first-order valence-electron chi connectivity index (χ1n) is 8.91. The summed E-state index contributed by atoms with van der Waals surface area (Å²) in [6.07, 6.45) is 2.55. The minimum Gasteiger partial charge on any atom is -0.467 e. The van der Waals surface area contributed by atoms with Gasteiger partial charge in [0.05, 0.1) is 7.11 Å². The highest BCUT2D eigenvalue weighted by Gasteiger charge is 2.26. The average Bonchev–Trinajstić information content (AvgIpc) is 2.66. The summed E-state index contributed by atoms with van der Waals surface area (Å²) in [6, 6.07) is 5.54. The molecule has 6 nitrogen and oxygen atoms in total. The van der Waals surface area contributed by atoms with E-state index in [1.165, 1.54) is 23.9 Å². The van der Waals surface area contributed by atoms with Crippen LogP contribution in [-0.4, -0.2) is 68.2 Å². The van der Waals surface area contributed by atoms with Crippen LogP contribution in [-0.2, 0) is 9.53 Å². The van der Waals surface area contributed by atoms with Gasteiger partial charge in [0.25, 0.3) is 0 Å². The molecule has 1 atom stereocenters. The first-order valence-corrected chi connectivity index (χ1v) is 10.3. The van der Waals surface area contributed by atoms with Gasteiger partial charge in [-0.15, -0.1) is 0 Å². The Morgan fingerprint density at radius 2 is 1.92 bits per heavy atom. The number of amides is 2. The summed E-state index contributed by atoms with van der Waals surface area (Å²) < 4.78 is 4.81. The molecule has 26 heavy (non-hydrogen) atoms. The largest absolute Gasteiger partial charge is 0.467 e. The number of nitrogens with one attached hydrogen (secondary N) is 1. The normalized spacial score (nSPS) is 15.5. The van der Waals surface area contributed by atoms with Gasteiger partial charge in [0.2, 0.25) is 0 Å². The molecule has 0 unspecified atom stereocenters. The second-order valence-electron chi connectivity index (χ2n) is 6.50. The summed E-state index contributed by atoms with van der Waals surface area (Å²) in [5, 5.41) is 2.83. The van der Waals surface area contributed by atoms with Gasteiger partial charge in [0.1, 0.15) is 6.04 Å². The van der Waals surface area contributed by atoms with Crippen LogP contribution in [0.2, 0.25) is 0 Å². The SMILES string of the molecule is COC(=O)[C@H](CCSC)NC(=O)N1CCN(c2cccc(C)c2C)CC1. The predicted octanol–water partition coefficient (Wildman–Crippen LogP) is 2.43. The average molecular weight is 380 g/mol. The standard InChI is InChI=1S/C19H29N3O3S/c1-14-6-5-7-17(15(14)2)21-9-11-22(12-10-21)19(24)20-16(8-13-26-4)18(23)25-3/h5-7,16H,8-13H2,1-4H3,(H,20,24)/t16-/m0/s1. The third-order valence-corrected chi connectivity index (χ3v) is 5.52. The van der Waals surface area contributed by atoms with Crippen molar-refractivity contribution in [3.63, 3.8) is 0 Å². The molecule has 0 spiro atoms. The molecule has 0 bridgehead atoms. The maximum atomic E-state index is 12.5. The van der Waals surface area contributed by atoms with Crippen molar-refractivity contribution in [1.82, 2.24) is 10.2 Å². The van der Waals surface area contributed by atoms with Gasteiger partial charge in [-0.25, -0.2) is 9.59 Å². The van der Waals surface area contributed by atoms with Crippen molar-refractivity contribution in [2.75, 3.05) is 50.2 Å². The number of thioether (sulfide) groups is 1. The van der Waals surface area contributed by atoms with Crippen molar-refractivity contribution in [3.8, 4) is 0 Å². The Morgan fingerprint density at radius 1 is 1.23 bits per heavy atom. The summed E-state index contributed by atoms with van der Waals surface area (Å²) in [5.74, 6) is 0.405. The maximum Gasteiger partial charge on any atom is 0.328 e. The monoisotopic (exact) mass is 379 g/mol. The zero-order valence-electron chi connectivity index (χ0n) is 16.1. The van der Waals surface area contributed by atoms with Crippen LogP contribution in [0.1, 0.15) is 17.5 Å². The highest BCUT2D eigenvalue weighted by atomic mass is 32.2. The van der Waals surface area contributed by atoms with E-state index in [-0.39, 0.29) is 12.0 Å². The molecule has 1 aromatic rings. The fourth-order valence-corrected chi connectivity index (χ4v) is 3.57. The van der Waals surface area contributed by atoms with Crippen LogP contribution in [0.4, 0.5) is 10.5 Å². The predicted molar refractivity (Wildman–Crippen MR) is 107 cm³/mol. The molecule has 1 aromatic carbocycles. The van der Waals surface area contributed by atoms with Crippen LogP contribution >= 0.6 is 11.8 Å². The van der Waals surface area contributed by atoms with E-state index in [4.69, 9.17) is 4.74 Å². The number of aryl methyl sites for hydroxylation is 1. The van der Waals surface area contributed by atoms with E-state index in [0.29, 0.717) is 19.5 Å². The molecule has 144 valence electrons. The molecule has 1 aliphatic rings. The lowest BCUT2D eigenvalue weighted by Gasteiger charge is -2.37. The number of anilines is 1. The molecule has 1 heterocycles. The Bertz CT molecular complexity index is 630. The van der Waals surface area contributed by atoms with E-state index < -0.39 is 6.04 Å². The fraction of sp³-hybridized carbons (Fsp3) is 0.579. The molecular weight excluding hydrogens is 350 g/mol. The van der Waals surface area contributed by atoms with Crippen LogP contribution in [0, 0.1) is 13.8 Å². The number of urea groups is 1. The molecule has 7 heteroatoms. The van der Waals surface area contributed by atoms with Gasteiger partial charge < -0.3 is 19.9 Å². The van der Waals surface area contributed by atoms with Crippen molar-refractivity contribution in [1.29, 1.82) is 0 Å². The second kappa shape index (κ2) is 9.71. The Hall–Kier alpha value is -1.89. The van der Waals surface area contributed by atoms with Crippen molar-refractivity contribution >= 4 is 29.4 Å². The maximum absolute atomic E-state index is 12.5. The molecule has 1 N–H and O–H groups in total. The van der Waals surface area contributed by atoms with Gasteiger partial charge in [-0.05, 0) is 49.5 Å². The van der Waals surface area contributed by atoms with Crippen LogP contribution < -0.4 is 10.2 Å². The van der Waals surface area contributed by atoms with E-state index in [0.717, 1.165) is 18.8 Å². The molecule has 2 amide bonds. The van der Waals surface area contributed by atoms with Crippen molar-refractivity contribution in [3.05, 3.63) is 29.3 Å². The lowest BCUT2D eigenvalue weighted by Crippen LogP contribution is -2.55. The minimum absolute atomic E-state index is 0.192. The van der Waals surface area contributed by atoms with Gasteiger partial charge >= 0.3 is 12.0 Å². The Labute approximate surface area is 160 Å². The first-order chi connectivity index (χ1) is 12.5. The third kappa shape index (κ3) is 5.06. The van der Waals surface area contributed by atoms with E-state index in [1.54, 1.807) is 16.7 Å². The van der Waals surface area contributed by atoms with Gasteiger partial charge in [0, 0.05) is 31.9 Å². The quantitative estimate of drug-likeness (QED) is 0.769. The van der Waals surface area contributed by atoms with Gasteiger partial charge in [0.15, 0.2) is 0 Å². The van der Waals surface area contributed by atoms with Crippen molar-refractivity contribution < 1.29 is 14.3 Å². The van der Waals surface area contributed by atoms with Gasteiger partial charge in [-0.2, -0.15) is 11.8 Å². The van der Waals surface area contributed by atoms with E-state index in [2.05, 4.69) is 42.3 Å². The molecule has 0 aliphatic carbocycles. The van der Waals surface area contributed by atoms with Gasteiger partial charge in [-0.1, -0.05) is 12.1 Å². The van der Waals surface area contributed by atoms with Crippen LogP contribution in [0.15, 0.2) is 18.2 Å². The zero-order valence-corrected chi connectivity index (χ0v) is 16.9. The van der Waals surface area contributed by atoms with Crippen LogP contribution in [0.25, 0.3) is 0 Å². The van der Waals surface area contributed by atoms with E-state index in [9.17, 15) is 9.59 Å². The Morgan fingerprint density at radius 3 is 2.54 bits per heavy atom. The zero-order chi connectivity index (χ0) is 19.1. The highest BCUT2D eigenvalue weighted by Crippen LogP contribution is 2.23. The number of carbonyl (C=O) groups excluding carboxylic acids is 2. The van der Waals surface area contributed by atoms with Gasteiger partial charge in [-0.3, -0.25) is 0 Å². The number of hydrogen-bond donors (Lipinski definition) is 1. The fourth-order valence-electron chi connectivity index (χ4n) is 3.10. The summed E-state index contributed by atoms with van der Waals surface area (Å²) >= 11 is 1.64. The molecular formula is C19H29N3O3S. The summed E-state index contributed by atoms with van der Waals surface area (Å²) in [7, 11) is 1.35. The van der Waals surface area contributed by atoms with E-state index in [1.807, 2.05) is 6.26 Å². The number of piperazine rings is 1. The molecule has 1 fully saturated rings. The van der Waals surface area contributed by atoms with Crippen LogP contribution in [0.3, 0.4) is 0 Å². The molecule has 1 aliphatic heterocycles. The Kier molecular flexibility index (Phi) is 7.63. The number of ether oxygens (including phenoxy) is 1. The number of carbonyl (C=O) groups is 2. The summed E-state index contributed by atoms with van der Waals surface area (Å²) in [4.78, 5) is 28.5. The second-order valence-corrected chi connectivity index (χ2v) is 7.49. The molecule has 0 radical (unpaired) electrons. The smallest absolute Gasteiger partial charge is 0.328 e. The summed E-state index contributed by atoms with van der Waals surface area (Å²) in [5.41, 5.74) is 3.79. The first kappa shape index (κ1) is 20.4. The molecule has 2 rings (SSSR count). The lowest BCUT2D eigenvalue weighted by atomic mass is 10.1. The number of benzene rings is 1. The molecule has 1 saturated heterocycles. The Balaban J connectivity index is 1.92. The number of methoxy groups -OCH3 is 1. The lowest BCUT2D eigenvalue weighted by molar-refractivity contribution is -0.142. The number of rotatable bonds is 6. The number of nitrogens with zero attached hydrogens (tertiary/aromatic N) is 2. The number of esters is 1. The summed E-state index contributed by atoms with van der Waals surface area (Å²) in [6.45, 7) is 7.09. The minimum atomic E-state index is -0.586. The van der Waals surface area contributed by atoms with Crippen LogP contribution in [0.5, 0.6) is 0 Å². The van der Waals surface area contributed by atoms with Crippen molar-refractivity contribution in [2.24, 2.45) is 0 Å². The number of hydrogen-bond acceptors (Lipinski definition) is 5. The highest BCUT2D eigenvalue weighted by molar-refractivity contribution is 7.98. The molecule has 0 saturated carbocycles.